The van der Waals surface area contributed by atoms with Crippen molar-refractivity contribution >= 4 is 49.3 Å². The van der Waals surface area contributed by atoms with E-state index in [-0.39, 0.29) is 28.2 Å². The van der Waals surface area contributed by atoms with Gasteiger partial charge in [-0.15, -0.1) is 5.10 Å². The van der Waals surface area contributed by atoms with Crippen LogP contribution in [0.25, 0.3) is 22.2 Å². The van der Waals surface area contributed by atoms with Crippen molar-refractivity contribution in [2.45, 2.75) is 49.1 Å². The summed E-state index contributed by atoms with van der Waals surface area (Å²) in [5.41, 5.74) is 13.1. The van der Waals surface area contributed by atoms with E-state index < -0.39 is 77.9 Å². The first-order valence-electron chi connectivity index (χ1n) is 12.9. The fourth-order valence-electron chi connectivity index (χ4n) is 5.31. The van der Waals surface area contributed by atoms with E-state index in [0.717, 1.165) is 6.33 Å². The van der Waals surface area contributed by atoms with Crippen LogP contribution >= 0.6 is 15.6 Å². The highest BCUT2D eigenvalue weighted by atomic mass is 31.2. The Kier molecular flexibility index (Phi) is 7.20. The minimum Gasteiger partial charge on any atom is -0.397 e. The molecule has 0 radical (unpaired) electrons. The number of rotatable bonds is 2. The van der Waals surface area contributed by atoms with Gasteiger partial charge >= 0.3 is 15.6 Å². The molecule has 3 fully saturated rings. The molecule has 44 heavy (non-hydrogen) atoms. The largest absolute Gasteiger partial charge is 0.472 e. The Bertz CT molecular complexity index is 1820. The van der Waals surface area contributed by atoms with E-state index in [9.17, 15) is 29.1 Å². The average molecular weight is 657 g/mol. The molecule has 6 heterocycles. The molecule has 0 saturated carbocycles. The van der Waals surface area contributed by atoms with Crippen LogP contribution in [0.2, 0.25) is 0 Å². The molecule has 10 atom stereocenters. The Hall–Kier alpha value is -3.17. The topological polar surface area (TPSA) is 297 Å². The van der Waals surface area contributed by atoms with Crippen molar-refractivity contribution in [1.82, 2.24) is 34.5 Å². The summed E-state index contributed by atoms with van der Waals surface area (Å²) in [6.07, 6.45) is -9.78. The fourth-order valence-corrected chi connectivity index (χ4v) is 7.21. The van der Waals surface area contributed by atoms with Gasteiger partial charge in [0.05, 0.1) is 30.7 Å². The molecule has 8 N–H and O–H groups in total. The molecule has 3 aromatic heterocycles. The van der Waals surface area contributed by atoms with Gasteiger partial charge in [0, 0.05) is 0 Å². The summed E-state index contributed by atoms with van der Waals surface area (Å²) in [6.45, 7) is -1.55. The van der Waals surface area contributed by atoms with Crippen molar-refractivity contribution in [3.63, 3.8) is 0 Å². The van der Waals surface area contributed by atoms with Crippen molar-refractivity contribution in [2.24, 2.45) is 0 Å². The van der Waals surface area contributed by atoms with Gasteiger partial charge < -0.3 is 40.9 Å². The summed E-state index contributed by atoms with van der Waals surface area (Å²) >= 11 is 0. The van der Waals surface area contributed by atoms with Crippen LogP contribution in [0.3, 0.4) is 0 Å². The molecule has 1 aromatic carbocycles. The van der Waals surface area contributed by atoms with E-state index in [4.69, 9.17) is 39.0 Å². The van der Waals surface area contributed by atoms with Gasteiger partial charge in [-0.2, -0.15) is 0 Å². The molecule has 2 bridgehead atoms. The zero-order chi connectivity index (χ0) is 31.0. The lowest BCUT2D eigenvalue weighted by molar-refractivity contribution is -0.0706. The van der Waals surface area contributed by atoms with E-state index in [1.165, 1.54) is 15.6 Å². The number of nitrogen functional groups attached to an aromatic ring is 2. The van der Waals surface area contributed by atoms with Crippen molar-refractivity contribution in [3.05, 3.63) is 30.9 Å². The third-order valence-electron chi connectivity index (χ3n) is 7.37. The molecular formula is C21H25N9O12P2. The van der Waals surface area contributed by atoms with Gasteiger partial charge in [-0.05, 0) is 12.1 Å². The second-order valence-corrected chi connectivity index (χ2v) is 12.9. The molecule has 4 aromatic rings. The smallest absolute Gasteiger partial charge is 0.397 e. The van der Waals surface area contributed by atoms with Gasteiger partial charge in [0.15, 0.2) is 23.9 Å². The molecule has 3 aliphatic heterocycles. The first kappa shape index (κ1) is 29.5. The Morgan fingerprint density at radius 3 is 2.34 bits per heavy atom. The van der Waals surface area contributed by atoms with Gasteiger partial charge in [-0.25, -0.2) is 28.8 Å². The molecule has 3 saturated heterocycles. The highest BCUT2D eigenvalue weighted by Crippen LogP contribution is 2.53. The molecule has 0 aliphatic carbocycles. The summed E-state index contributed by atoms with van der Waals surface area (Å²) in [5.74, 6) is 0.0507. The number of nitrogens with zero attached hydrogens (tertiary/aromatic N) is 7. The van der Waals surface area contributed by atoms with Crippen LogP contribution in [0.4, 0.5) is 11.5 Å². The Balaban J connectivity index is 1.20. The number of fused-ring (bicyclic) bond motifs is 5. The zero-order valence-corrected chi connectivity index (χ0v) is 23.9. The van der Waals surface area contributed by atoms with E-state index >= 15 is 0 Å². The maximum absolute atomic E-state index is 13.2. The number of aliphatic hydroxyl groups is 2. The number of hydrogen-bond donors (Lipinski definition) is 6. The first-order valence-corrected chi connectivity index (χ1v) is 15.9. The van der Waals surface area contributed by atoms with Gasteiger partial charge in [0.25, 0.3) is 0 Å². The third-order valence-corrected chi connectivity index (χ3v) is 9.34. The molecule has 3 aliphatic rings. The molecule has 2 unspecified atom stereocenters. The summed E-state index contributed by atoms with van der Waals surface area (Å²) in [6, 6.07) is 4.79. The standard InChI is InChI=1S/C21H25N9O12P2/c22-8-2-1-3-9-12(8)27-28-30(9)21-17-14(31)10(39-21)4-37-43(33,34)41-16-11(5-38-44(35,36)42-17)40-20(15(16)32)29-7-26-13-18(23)24-6-25-19(13)29/h1-3,6-7,10-11,14-17,20-21,31-32H,4-5,22H2,(H,33,34)(H,35,36)(H2,23,24,25)/t10-,11-,14-,15-,16-,17-,20-,21-/m1/s1. The molecule has 21 nitrogen and oxygen atoms in total. The minimum absolute atomic E-state index is 0.0507. The van der Waals surface area contributed by atoms with Gasteiger partial charge in [0.2, 0.25) is 0 Å². The van der Waals surface area contributed by atoms with Crippen LogP contribution < -0.4 is 11.5 Å². The van der Waals surface area contributed by atoms with Crippen LogP contribution in [0.15, 0.2) is 30.9 Å². The second kappa shape index (κ2) is 10.7. The highest BCUT2D eigenvalue weighted by molar-refractivity contribution is 7.47. The predicted octanol–water partition coefficient (Wildman–Crippen LogP) is -1.03. The monoisotopic (exact) mass is 657 g/mol. The normalized spacial score (nSPS) is 38.3. The Labute approximate surface area is 245 Å². The molecule has 7 rings (SSSR count). The number of hydrogen-bond acceptors (Lipinski definition) is 17. The van der Waals surface area contributed by atoms with Crippen LogP contribution in [-0.2, 0) is 36.7 Å². The minimum atomic E-state index is -5.04. The first-order chi connectivity index (χ1) is 20.9. The molecular weight excluding hydrogens is 632 g/mol. The number of aromatic nitrogens is 7. The number of anilines is 2. The highest BCUT2D eigenvalue weighted by Gasteiger charge is 2.54. The van der Waals surface area contributed by atoms with Crippen molar-refractivity contribution in [3.8, 4) is 0 Å². The molecule has 23 heteroatoms. The number of phosphoric ester groups is 2. The average Bonchev–Trinajstić information content (AvgIpc) is 3.73. The maximum Gasteiger partial charge on any atom is 0.472 e. The van der Waals surface area contributed by atoms with Gasteiger partial charge in [-0.1, -0.05) is 11.3 Å². The van der Waals surface area contributed by atoms with Crippen LogP contribution in [0.5, 0.6) is 0 Å². The number of ether oxygens (including phenoxy) is 2. The molecule has 236 valence electrons. The summed E-state index contributed by atoms with van der Waals surface area (Å²) in [4.78, 5) is 33.3. The number of imidazole rings is 1. The lowest BCUT2D eigenvalue weighted by atomic mass is 10.1. The van der Waals surface area contributed by atoms with E-state index in [2.05, 4.69) is 25.3 Å². The predicted molar refractivity (Wildman–Crippen MR) is 143 cm³/mol. The number of aliphatic hydroxyl groups excluding tert-OH is 2. The number of phosphoric acid groups is 2. The number of nitrogens with two attached hydrogens (primary N) is 2. The second-order valence-electron chi connectivity index (χ2n) is 10.1. The zero-order valence-electron chi connectivity index (χ0n) is 22.2. The van der Waals surface area contributed by atoms with Crippen molar-refractivity contribution < 1.29 is 56.7 Å². The van der Waals surface area contributed by atoms with Crippen molar-refractivity contribution in [1.29, 1.82) is 0 Å². The summed E-state index contributed by atoms with van der Waals surface area (Å²) < 4.78 is 61.3. The van der Waals surface area contributed by atoms with Gasteiger partial charge in [0.1, 0.15) is 54.0 Å². The number of benzene rings is 1. The SMILES string of the molecule is Nc1ncnc2c1ncn2[C@@H]1O[C@@H]2COP(=O)(O)O[C@@H]3[C@H](O)[C@@H](COP(=O)(O)O[C@H]2[C@H]1O)O[C@H]3n1nnc2c(N)cccc21. The van der Waals surface area contributed by atoms with Crippen LogP contribution in [0, 0.1) is 0 Å². The summed E-state index contributed by atoms with van der Waals surface area (Å²) in [7, 11) is -10.1. The van der Waals surface area contributed by atoms with Crippen LogP contribution in [0.1, 0.15) is 12.5 Å². The maximum atomic E-state index is 13.2. The quantitative estimate of drug-likeness (QED) is 0.111. The molecule has 0 amide bonds. The lowest BCUT2D eigenvalue weighted by Crippen LogP contribution is -2.36. The van der Waals surface area contributed by atoms with E-state index in [0.29, 0.717) is 5.52 Å². The van der Waals surface area contributed by atoms with E-state index in [1.807, 2.05) is 0 Å². The third kappa shape index (κ3) is 5.06. The molecule has 0 spiro atoms. The Morgan fingerprint density at radius 2 is 1.57 bits per heavy atom. The van der Waals surface area contributed by atoms with E-state index in [1.54, 1.807) is 18.2 Å². The Morgan fingerprint density at radius 1 is 0.864 bits per heavy atom. The van der Waals surface area contributed by atoms with Crippen LogP contribution in [-0.4, -0.2) is 104 Å². The van der Waals surface area contributed by atoms with Crippen molar-refractivity contribution in [2.75, 3.05) is 24.7 Å². The fraction of sp³-hybridized carbons (Fsp3) is 0.476. The lowest BCUT2D eigenvalue weighted by Gasteiger charge is -2.25. The van der Waals surface area contributed by atoms with Gasteiger partial charge in [-0.3, -0.25) is 22.7 Å². The summed E-state index contributed by atoms with van der Waals surface area (Å²) in [5, 5.41) is 30.1.